The van der Waals surface area contributed by atoms with Crippen LogP contribution in [-0.4, -0.2) is 41.3 Å². The van der Waals surface area contributed by atoms with E-state index in [0.717, 1.165) is 50.1 Å². The Balaban J connectivity index is 1.77. The lowest BCUT2D eigenvalue weighted by atomic mass is 10.4. The standard InChI is InChI=1S/C12H14N4O2S/c17-11-8-10(13-9(14-11)7-1-2-7)15-12(19-8)16-3-5-18-6-4-16/h7H,1-6H2,(H,13,14,17). The highest BCUT2D eigenvalue weighted by Gasteiger charge is 2.27. The van der Waals surface area contributed by atoms with Gasteiger partial charge in [0.2, 0.25) is 0 Å². The Kier molecular flexibility index (Phi) is 2.56. The molecule has 7 heteroatoms. The van der Waals surface area contributed by atoms with Crippen LogP contribution in [0, 0.1) is 0 Å². The molecule has 0 spiro atoms. The Morgan fingerprint density at radius 1 is 1.26 bits per heavy atom. The molecule has 0 aromatic carbocycles. The van der Waals surface area contributed by atoms with Crippen LogP contribution < -0.4 is 10.5 Å². The molecule has 2 aromatic heterocycles. The Morgan fingerprint density at radius 3 is 2.79 bits per heavy atom. The van der Waals surface area contributed by atoms with Crippen molar-refractivity contribution in [3.8, 4) is 0 Å². The van der Waals surface area contributed by atoms with Gasteiger partial charge in [0.15, 0.2) is 10.8 Å². The SMILES string of the molecule is O=c1nc(C2CC2)[nH]c2nc(N3CCOCC3)sc12. The van der Waals surface area contributed by atoms with Gasteiger partial charge in [-0.3, -0.25) is 4.79 Å². The molecule has 0 amide bonds. The molecule has 1 N–H and O–H groups in total. The first-order chi connectivity index (χ1) is 9.31. The van der Waals surface area contributed by atoms with Crippen LogP contribution in [0.15, 0.2) is 4.79 Å². The number of ether oxygens (including phenoxy) is 1. The molecule has 2 fully saturated rings. The molecule has 2 aromatic rings. The second-order valence-corrected chi connectivity index (χ2v) is 5.95. The van der Waals surface area contributed by atoms with Crippen molar-refractivity contribution >= 4 is 26.8 Å². The number of H-pyrrole nitrogens is 1. The van der Waals surface area contributed by atoms with Gasteiger partial charge in [-0.2, -0.15) is 4.98 Å². The Hall–Kier alpha value is -1.47. The molecule has 0 bridgehead atoms. The average Bonchev–Trinajstić information content (AvgIpc) is 3.19. The molecule has 1 aliphatic heterocycles. The minimum atomic E-state index is -0.146. The van der Waals surface area contributed by atoms with Gasteiger partial charge in [0.1, 0.15) is 10.5 Å². The summed E-state index contributed by atoms with van der Waals surface area (Å²) in [5.74, 6) is 1.24. The molecule has 0 radical (unpaired) electrons. The molecule has 1 saturated heterocycles. The summed E-state index contributed by atoms with van der Waals surface area (Å²) < 4.78 is 5.96. The summed E-state index contributed by atoms with van der Waals surface area (Å²) in [5, 5.41) is 0.890. The number of thiazole rings is 1. The first-order valence-electron chi connectivity index (χ1n) is 6.55. The van der Waals surface area contributed by atoms with Crippen LogP contribution in [0.5, 0.6) is 0 Å². The predicted octanol–water partition coefficient (Wildman–Crippen LogP) is 1.09. The first kappa shape index (κ1) is 11.4. The molecule has 6 nitrogen and oxygen atoms in total. The lowest BCUT2D eigenvalue weighted by molar-refractivity contribution is 0.122. The second kappa shape index (κ2) is 4.28. The van der Waals surface area contributed by atoms with Crippen molar-refractivity contribution in [2.24, 2.45) is 0 Å². The fourth-order valence-electron chi connectivity index (χ4n) is 2.29. The van der Waals surface area contributed by atoms with Crippen molar-refractivity contribution < 1.29 is 4.74 Å². The highest BCUT2D eigenvalue weighted by Crippen LogP contribution is 2.38. The van der Waals surface area contributed by atoms with Crippen LogP contribution in [0.4, 0.5) is 5.13 Å². The van der Waals surface area contributed by atoms with Gasteiger partial charge < -0.3 is 14.6 Å². The van der Waals surface area contributed by atoms with Crippen molar-refractivity contribution in [3.05, 3.63) is 16.2 Å². The Bertz CT molecular complexity index is 670. The summed E-state index contributed by atoms with van der Waals surface area (Å²) in [4.78, 5) is 26.1. The third-order valence-electron chi connectivity index (χ3n) is 3.52. The number of nitrogens with zero attached hydrogens (tertiary/aromatic N) is 3. The fourth-order valence-corrected chi connectivity index (χ4v) is 3.25. The molecular formula is C12H14N4O2S. The summed E-state index contributed by atoms with van der Waals surface area (Å²) in [6.45, 7) is 3.10. The van der Waals surface area contributed by atoms with Crippen molar-refractivity contribution in [1.82, 2.24) is 15.0 Å². The number of fused-ring (bicyclic) bond motifs is 1. The minimum Gasteiger partial charge on any atom is -0.378 e. The highest BCUT2D eigenvalue weighted by atomic mass is 32.1. The number of anilines is 1. The molecule has 0 unspecified atom stereocenters. The van der Waals surface area contributed by atoms with Gasteiger partial charge in [-0.1, -0.05) is 11.3 Å². The number of aromatic nitrogens is 3. The molecule has 1 saturated carbocycles. The smallest absolute Gasteiger partial charge is 0.292 e. The predicted molar refractivity (Wildman–Crippen MR) is 73.0 cm³/mol. The van der Waals surface area contributed by atoms with Crippen molar-refractivity contribution in [3.63, 3.8) is 0 Å². The number of aromatic amines is 1. The third kappa shape index (κ3) is 2.02. The van der Waals surface area contributed by atoms with Crippen LogP contribution in [0.3, 0.4) is 0 Å². The van der Waals surface area contributed by atoms with Gasteiger partial charge in [0, 0.05) is 19.0 Å². The summed E-state index contributed by atoms with van der Waals surface area (Å²) in [5.41, 5.74) is 0.543. The van der Waals surface area contributed by atoms with Gasteiger partial charge in [-0.15, -0.1) is 0 Å². The van der Waals surface area contributed by atoms with Crippen LogP contribution >= 0.6 is 11.3 Å². The van der Waals surface area contributed by atoms with Crippen molar-refractivity contribution in [2.75, 3.05) is 31.2 Å². The van der Waals surface area contributed by atoms with Gasteiger partial charge in [0.05, 0.1) is 13.2 Å². The second-order valence-electron chi connectivity index (χ2n) is 4.98. The average molecular weight is 278 g/mol. The highest BCUT2D eigenvalue weighted by molar-refractivity contribution is 7.22. The molecular weight excluding hydrogens is 264 g/mol. The summed E-state index contributed by atoms with van der Waals surface area (Å²) in [7, 11) is 0. The van der Waals surface area contributed by atoms with Gasteiger partial charge in [-0.25, -0.2) is 4.98 Å². The van der Waals surface area contributed by atoms with Crippen LogP contribution in [0.25, 0.3) is 10.3 Å². The summed E-state index contributed by atoms with van der Waals surface area (Å²) in [6, 6.07) is 0. The first-order valence-corrected chi connectivity index (χ1v) is 7.36. The van der Waals surface area contributed by atoms with Crippen LogP contribution in [-0.2, 0) is 4.74 Å². The molecule has 100 valence electrons. The fraction of sp³-hybridized carbons (Fsp3) is 0.583. The van der Waals surface area contributed by atoms with Gasteiger partial charge in [-0.05, 0) is 12.8 Å². The van der Waals surface area contributed by atoms with E-state index in [9.17, 15) is 4.79 Å². The van der Waals surface area contributed by atoms with Gasteiger partial charge in [0.25, 0.3) is 5.56 Å². The normalized spacial score (nSPS) is 20.1. The number of hydrogen-bond donors (Lipinski definition) is 1. The van der Waals surface area contributed by atoms with E-state index in [-0.39, 0.29) is 5.56 Å². The maximum Gasteiger partial charge on any atom is 0.292 e. The van der Waals surface area contributed by atoms with E-state index in [1.807, 2.05) is 0 Å². The van der Waals surface area contributed by atoms with E-state index < -0.39 is 0 Å². The number of morpholine rings is 1. The maximum absolute atomic E-state index is 12.0. The summed E-state index contributed by atoms with van der Waals surface area (Å²) >= 11 is 1.42. The molecule has 0 atom stereocenters. The van der Waals surface area contributed by atoms with Crippen LogP contribution in [0.1, 0.15) is 24.6 Å². The lowest BCUT2D eigenvalue weighted by Gasteiger charge is -2.25. The van der Waals surface area contributed by atoms with Crippen LogP contribution in [0.2, 0.25) is 0 Å². The molecule has 19 heavy (non-hydrogen) atoms. The minimum absolute atomic E-state index is 0.146. The quantitative estimate of drug-likeness (QED) is 0.890. The zero-order chi connectivity index (χ0) is 12.8. The third-order valence-corrected chi connectivity index (χ3v) is 4.63. The van der Waals surface area contributed by atoms with Crippen molar-refractivity contribution in [1.29, 1.82) is 0 Å². The number of hydrogen-bond acceptors (Lipinski definition) is 6. The Morgan fingerprint density at radius 2 is 2.05 bits per heavy atom. The van der Waals surface area contributed by atoms with E-state index in [1.54, 1.807) is 0 Å². The van der Waals surface area contributed by atoms with Crippen molar-refractivity contribution in [2.45, 2.75) is 18.8 Å². The van der Waals surface area contributed by atoms with E-state index in [2.05, 4.69) is 19.9 Å². The maximum atomic E-state index is 12.0. The van der Waals surface area contributed by atoms with E-state index >= 15 is 0 Å². The molecule has 4 rings (SSSR count). The number of rotatable bonds is 2. The van der Waals surface area contributed by atoms with E-state index in [1.165, 1.54) is 11.3 Å². The summed E-state index contributed by atoms with van der Waals surface area (Å²) in [6.07, 6.45) is 2.24. The zero-order valence-electron chi connectivity index (χ0n) is 10.4. The molecule has 1 aliphatic carbocycles. The Labute approximate surface area is 113 Å². The van der Waals surface area contributed by atoms with E-state index in [0.29, 0.717) is 16.3 Å². The molecule has 3 heterocycles. The monoisotopic (exact) mass is 278 g/mol. The lowest BCUT2D eigenvalue weighted by Crippen LogP contribution is -2.36. The molecule has 2 aliphatic rings. The van der Waals surface area contributed by atoms with E-state index in [4.69, 9.17) is 4.74 Å². The zero-order valence-corrected chi connectivity index (χ0v) is 11.2. The largest absolute Gasteiger partial charge is 0.378 e. The van der Waals surface area contributed by atoms with Gasteiger partial charge >= 0.3 is 0 Å². The number of nitrogens with one attached hydrogen (secondary N) is 1. The topological polar surface area (TPSA) is 71.1 Å².